The molecule has 9 atom stereocenters. The van der Waals surface area contributed by atoms with E-state index in [-0.39, 0.29) is 5.41 Å². The third-order valence-electron chi connectivity index (χ3n) is 10.8. The Hall–Kier alpha value is -0.550. The van der Waals surface area contributed by atoms with E-state index in [9.17, 15) is 10.4 Å². The lowest BCUT2D eigenvalue weighted by Gasteiger charge is -2.60. The van der Waals surface area contributed by atoms with Crippen molar-refractivity contribution in [1.29, 1.82) is 5.26 Å². The third-order valence-corrected chi connectivity index (χ3v) is 10.8. The summed E-state index contributed by atoms with van der Waals surface area (Å²) in [5.41, 5.74) is -0.0837. The molecule has 0 bridgehead atoms. The topological polar surface area (TPSA) is 44.0 Å². The maximum Gasteiger partial charge on any atom is 0.0683 e. The van der Waals surface area contributed by atoms with E-state index in [0.717, 1.165) is 60.7 Å². The summed E-state index contributed by atoms with van der Waals surface area (Å²) in [5, 5.41) is 20.0. The summed E-state index contributed by atoms with van der Waals surface area (Å²) < 4.78 is 0. The van der Waals surface area contributed by atoms with Gasteiger partial charge >= 0.3 is 0 Å². The highest BCUT2D eigenvalue weighted by Gasteiger charge is 2.57. The van der Waals surface area contributed by atoms with Crippen molar-refractivity contribution in [3.05, 3.63) is 0 Å². The van der Waals surface area contributed by atoms with Crippen LogP contribution in [0.1, 0.15) is 112 Å². The van der Waals surface area contributed by atoms with Gasteiger partial charge in [0.25, 0.3) is 0 Å². The molecule has 170 valence electrons. The van der Waals surface area contributed by atoms with Crippen molar-refractivity contribution in [2.24, 2.45) is 52.3 Å². The first-order chi connectivity index (χ1) is 14.1. The fraction of sp³-hybridized carbons (Fsp3) is 0.964. The van der Waals surface area contributed by atoms with Crippen molar-refractivity contribution in [1.82, 2.24) is 0 Å². The molecule has 4 rings (SSSR count). The first kappa shape index (κ1) is 22.6. The monoisotopic (exact) mass is 413 g/mol. The molecule has 0 heterocycles. The summed E-state index contributed by atoms with van der Waals surface area (Å²) in [7, 11) is 0. The number of hydrogen-bond donors (Lipinski definition) is 1. The van der Waals surface area contributed by atoms with Crippen molar-refractivity contribution in [2.45, 2.75) is 117 Å². The Labute approximate surface area is 186 Å². The van der Waals surface area contributed by atoms with Crippen LogP contribution in [-0.4, -0.2) is 10.7 Å². The fourth-order valence-corrected chi connectivity index (χ4v) is 8.97. The summed E-state index contributed by atoms with van der Waals surface area (Å²) in [6, 6.07) is 2.48. The minimum atomic E-state index is -0.414. The molecular formula is C28H47NO. The van der Waals surface area contributed by atoms with Gasteiger partial charge in [0, 0.05) is 0 Å². The molecule has 4 aliphatic rings. The Kier molecular flexibility index (Phi) is 6.11. The predicted molar refractivity (Wildman–Crippen MR) is 124 cm³/mol. The van der Waals surface area contributed by atoms with Gasteiger partial charge in [-0.05, 0) is 132 Å². The summed E-state index contributed by atoms with van der Waals surface area (Å²) in [6.45, 7) is 11.4. The Morgan fingerprint density at radius 2 is 1.70 bits per heavy atom. The smallest absolute Gasteiger partial charge is 0.0683 e. The molecule has 0 aliphatic heterocycles. The van der Waals surface area contributed by atoms with Gasteiger partial charge in [-0.1, -0.05) is 26.7 Å². The second-order valence-corrected chi connectivity index (χ2v) is 13.3. The van der Waals surface area contributed by atoms with Crippen LogP contribution in [0, 0.1) is 63.6 Å². The van der Waals surface area contributed by atoms with Crippen molar-refractivity contribution < 1.29 is 5.11 Å². The zero-order chi connectivity index (χ0) is 21.7. The average molecular weight is 414 g/mol. The van der Waals surface area contributed by atoms with Crippen LogP contribution in [0.3, 0.4) is 0 Å². The summed E-state index contributed by atoms with van der Waals surface area (Å²) in [4.78, 5) is 0. The molecule has 1 N–H and O–H groups in total. The molecule has 7 unspecified atom stereocenters. The van der Waals surface area contributed by atoms with Crippen molar-refractivity contribution in [2.75, 3.05) is 0 Å². The van der Waals surface area contributed by atoms with E-state index >= 15 is 0 Å². The molecular weight excluding hydrogens is 366 g/mol. The number of nitrogens with zero attached hydrogens (tertiary/aromatic N) is 1. The lowest BCUT2D eigenvalue weighted by atomic mass is 9.46. The second-order valence-electron chi connectivity index (χ2n) is 13.3. The van der Waals surface area contributed by atoms with Gasteiger partial charge in [-0.15, -0.1) is 0 Å². The van der Waals surface area contributed by atoms with Gasteiger partial charge in [-0.2, -0.15) is 5.26 Å². The van der Waals surface area contributed by atoms with E-state index < -0.39 is 5.60 Å². The minimum Gasteiger partial charge on any atom is -0.390 e. The van der Waals surface area contributed by atoms with Crippen LogP contribution >= 0.6 is 0 Å². The van der Waals surface area contributed by atoms with Crippen LogP contribution in [0.25, 0.3) is 0 Å². The van der Waals surface area contributed by atoms with E-state index in [4.69, 9.17) is 0 Å². The second kappa shape index (κ2) is 8.10. The van der Waals surface area contributed by atoms with Crippen molar-refractivity contribution in [3.8, 4) is 6.07 Å². The quantitative estimate of drug-likeness (QED) is 0.511. The van der Waals surface area contributed by atoms with Gasteiger partial charge in [-0.25, -0.2) is 0 Å². The molecule has 30 heavy (non-hydrogen) atoms. The average Bonchev–Trinajstić information content (AvgIpc) is 3.12. The Balaban J connectivity index is 1.38. The van der Waals surface area contributed by atoms with Gasteiger partial charge in [0.2, 0.25) is 0 Å². The zero-order valence-electron chi connectivity index (χ0n) is 20.4. The maximum absolute atomic E-state index is 10.7. The number of aliphatic hydroxyl groups is 1. The number of nitriles is 1. The minimum absolute atomic E-state index is 0.158. The van der Waals surface area contributed by atoms with Crippen LogP contribution in [-0.2, 0) is 0 Å². The predicted octanol–water partition coefficient (Wildman–Crippen LogP) is 7.36. The van der Waals surface area contributed by atoms with Crippen molar-refractivity contribution in [3.63, 3.8) is 0 Å². The van der Waals surface area contributed by atoms with Crippen LogP contribution in [0.2, 0.25) is 0 Å². The summed E-state index contributed by atoms with van der Waals surface area (Å²) >= 11 is 0. The SMILES string of the molecule is C[C@H](CCCC(C)(C)C#N)C1CCC2C1CCC1C2CCC2C[C@@](C)(O)CCC21C. The largest absolute Gasteiger partial charge is 0.390 e. The first-order valence-corrected chi connectivity index (χ1v) is 13.2. The fourth-order valence-electron chi connectivity index (χ4n) is 8.97. The standard InChI is InChI=1S/C28H47NO/c1-19(7-6-14-26(2,3)18-29)21-10-11-23-22(21)12-13-25-24(23)9-8-20-17-27(4,30)15-16-28(20,25)5/h19-25,30H,6-17H2,1-5H3/t19-,20?,21?,22?,23?,24?,25?,27+,28?/m1/s1. The van der Waals surface area contributed by atoms with Crippen molar-refractivity contribution >= 4 is 0 Å². The summed E-state index contributed by atoms with van der Waals surface area (Å²) in [6.07, 6.45) is 15.5. The molecule has 0 radical (unpaired) electrons. The Morgan fingerprint density at radius 3 is 2.43 bits per heavy atom. The molecule has 0 aromatic rings. The highest BCUT2D eigenvalue weighted by molar-refractivity contribution is 5.07. The van der Waals surface area contributed by atoms with Gasteiger partial charge in [0.15, 0.2) is 0 Å². The molecule has 0 saturated heterocycles. The molecule has 4 fully saturated rings. The molecule has 0 aromatic heterocycles. The van der Waals surface area contributed by atoms with E-state index in [1.165, 1.54) is 57.8 Å². The van der Waals surface area contributed by atoms with E-state index in [2.05, 4.69) is 40.7 Å². The Morgan fingerprint density at radius 1 is 1.00 bits per heavy atom. The van der Waals surface area contributed by atoms with Gasteiger partial charge < -0.3 is 5.11 Å². The molecule has 4 saturated carbocycles. The zero-order valence-corrected chi connectivity index (χ0v) is 20.4. The number of fused-ring (bicyclic) bond motifs is 5. The van der Waals surface area contributed by atoms with E-state index in [1.807, 2.05) is 0 Å². The van der Waals surface area contributed by atoms with Crippen LogP contribution in [0.4, 0.5) is 0 Å². The van der Waals surface area contributed by atoms with Gasteiger partial charge in [-0.3, -0.25) is 0 Å². The normalized spacial score (nSPS) is 47.0. The van der Waals surface area contributed by atoms with Gasteiger partial charge in [0.05, 0.1) is 17.1 Å². The van der Waals surface area contributed by atoms with E-state index in [0.29, 0.717) is 5.41 Å². The number of rotatable bonds is 5. The lowest BCUT2D eigenvalue weighted by molar-refractivity contribution is -0.134. The first-order valence-electron chi connectivity index (χ1n) is 13.2. The molecule has 0 aromatic carbocycles. The molecule has 2 heteroatoms. The van der Waals surface area contributed by atoms with Crippen LogP contribution < -0.4 is 0 Å². The van der Waals surface area contributed by atoms with Gasteiger partial charge in [0.1, 0.15) is 0 Å². The maximum atomic E-state index is 10.7. The molecule has 2 nitrogen and oxygen atoms in total. The van der Waals surface area contributed by atoms with Crippen LogP contribution in [0.5, 0.6) is 0 Å². The molecule has 0 amide bonds. The highest BCUT2D eigenvalue weighted by Crippen LogP contribution is 2.65. The molecule has 0 spiro atoms. The number of hydrogen-bond acceptors (Lipinski definition) is 2. The van der Waals surface area contributed by atoms with E-state index in [1.54, 1.807) is 0 Å². The third kappa shape index (κ3) is 4.10. The Bertz CT molecular complexity index is 660. The highest BCUT2D eigenvalue weighted by atomic mass is 16.3. The molecule has 4 aliphatic carbocycles. The lowest BCUT2D eigenvalue weighted by Crippen LogP contribution is -2.53. The summed E-state index contributed by atoms with van der Waals surface area (Å²) in [5.74, 6) is 6.33. The van der Waals surface area contributed by atoms with Crippen LogP contribution in [0.15, 0.2) is 0 Å².